The molecule has 1 saturated heterocycles. The first kappa shape index (κ1) is 22.8. The smallest absolute Gasteiger partial charge is 0.325 e. The van der Waals surface area contributed by atoms with Crippen LogP contribution in [0.4, 0.5) is 10.5 Å². The molecule has 2 aliphatic rings. The SMILES string of the molecule is CCN(CC)C(=O)c1ccc(NC(=O)CN2C(=O)NC3(CCCCCCC3)C2=O)cc1. The number of carbonyl (C=O) groups is 4. The zero-order valence-corrected chi connectivity index (χ0v) is 18.4. The van der Waals surface area contributed by atoms with Crippen LogP contribution >= 0.6 is 0 Å². The molecule has 1 aromatic rings. The second-order valence-corrected chi connectivity index (χ2v) is 8.27. The molecule has 5 amide bonds. The third-order valence-electron chi connectivity index (χ3n) is 6.22. The Labute approximate surface area is 183 Å². The van der Waals surface area contributed by atoms with Crippen LogP contribution < -0.4 is 10.6 Å². The molecule has 2 fully saturated rings. The number of hydrogen-bond donors (Lipinski definition) is 2. The van der Waals surface area contributed by atoms with Crippen LogP contribution in [0.2, 0.25) is 0 Å². The number of rotatable bonds is 6. The topological polar surface area (TPSA) is 98.8 Å². The van der Waals surface area contributed by atoms with E-state index in [1.54, 1.807) is 29.2 Å². The van der Waals surface area contributed by atoms with Gasteiger partial charge in [0, 0.05) is 24.3 Å². The average molecular weight is 429 g/mol. The van der Waals surface area contributed by atoms with E-state index in [2.05, 4.69) is 10.6 Å². The Kier molecular flexibility index (Phi) is 7.30. The van der Waals surface area contributed by atoms with Crippen molar-refractivity contribution < 1.29 is 19.2 Å². The predicted molar refractivity (Wildman–Crippen MR) is 118 cm³/mol. The van der Waals surface area contributed by atoms with E-state index in [1.807, 2.05) is 13.8 Å². The normalized spacial score (nSPS) is 18.3. The number of benzene rings is 1. The molecule has 1 aliphatic carbocycles. The first-order valence-corrected chi connectivity index (χ1v) is 11.2. The highest BCUT2D eigenvalue weighted by Crippen LogP contribution is 2.32. The Balaban J connectivity index is 1.61. The van der Waals surface area contributed by atoms with Gasteiger partial charge in [-0.3, -0.25) is 19.3 Å². The summed E-state index contributed by atoms with van der Waals surface area (Å²) in [6.07, 6.45) is 6.30. The van der Waals surface area contributed by atoms with Gasteiger partial charge < -0.3 is 15.5 Å². The van der Waals surface area contributed by atoms with Crippen molar-refractivity contribution in [3.05, 3.63) is 29.8 Å². The lowest BCUT2D eigenvalue weighted by atomic mass is 9.84. The van der Waals surface area contributed by atoms with Gasteiger partial charge in [0.15, 0.2) is 0 Å². The van der Waals surface area contributed by atoms with Crippen molar-refractivity contribution in [1.29, 1.82) is 0 Å². The molecule has 1 heterocycles. The van der Waals surface area contributed by atoms with Crippen LogP contribution in [0.15, 0.2) is 24.3 Å². The number of urea groups is 1. The van der Waals surface area contributed by atoms with E-state index in [9.17, 15) is 19.2 Å². The molecule has 1 spiro atoms. The molecular formula is C23H32N4O4. The highest BCUT2D eigenvalue weighted by molar-refractivity contribution is 6.10. The third-order valence-corrected chi connectivity index (χ3v) is 6.22. The van der Waals surface area contributed by atoms with Gasteiger partial charge in [0.1, 0.15) is 12.1 Å². The first-order chi connectivity index (χ1) is 14.9. The second kappa shape index (κ2) is 9.94. The lowest BCUT2D eigenvalue weighted by Crippen LogP contribution is -2.47. The van der Waals surface area contributed by atoms with Crippen LogP contribution in [0.25, 0.3) is 0 Å². The summed E-state index contributed by atoms with van der Waals surface area (Å²) in [7, 11) is 0. The van der Waals surface area contributed by atoms with Gasteiger partial charge in [-0.15, -0.1) is 0 Å². The molecular weight excluding hydrogens is 396 g/mol. The van der Waals surface area contributed by atoms with Crippen LogP contribution in [-0.2, 0) is 9.59 Å². The van der Waals surface area contributed by atoms with E-state index in [1.165, 1.54) is 0 Å². The minimum atomic E-state index is -0.857. The number of imide groups is 1. The first-order valence-electron chi connectivity index (χ1n) is 11.2. The van der Waals surface area contributed by atoms with Gasteiger partial charge in [-0.25, -0.2) is 4.79 Å². The van der Waals surface area contributed by atoms with Crippen molar-refractivity contribution in [2.75, 3.05) is 25.0 Å². The predicted octanol–water partition coefficient (Wildman–Crippen LogP) is 3.14. The fraction of sp³-hybridized carbons (Fsp3) is 0.565. The molecule has 0 bridgehead atoms. The van der Waals surface area contributed by atoms with E-state index in [-0.39, 0.29) is 18.4 Å². The van der Waals surface area contributed by atoms with E-state index < -0.39 is 17.5 Å². The standard InChI is InChI=1S/C23H32N4O4/c1-3-26(4-2)20(29)17-10-12-18(13-11-17)24-19(28)16-27-21(30)23(25-22(27)31)14-8-6-5-7-9-15-23/h10-13H,3-9,14-16H2,1-2H3,(H,24,28)(H,25,31). The van der Waals surface area contributed by atoms with Crippen molar-refractivity contribution in [1.82, 2.24) is 15.1 Å². The number of hydrogen-bond acceptors (Lipinski definition) is 4. The Morgan fingerprint density at radius 2 is 1.58 bits per heavy atom. The molecule has 0 aromatic heterocycles. The molecule has 0 atom stereocenters. The Morgan fingerprint density at radius 3 is 2.16 bits per heavy atom. The van der Waals surface area contributed by atoms with Gasteiger partial charge in [0.25, 0.3) is 11.8 Å². The van der Waals surface area contributed by atoms with Crippen LogP contribution in [0.5, 0.6) is 0 Å². The summed E-state index contributed by atoms with van der Waals surface area (Å²) in [4.78, 5) is 53.1. The molecule has 1 aromatic carbocycles. The fourth-order valence-electron chi connectivity index (χ4n) is 4.40. The molecule has 8 heteroatoms. The molecule has 2 N–H and O–H groups in total. The van der Waals surface area contributed by atoms with E-state index in [0.717, 1.165) is 37.0 Å². The van der Waals surface area contributed by atoms with E-state index in [4.69, 9.17) is 0 Å². The average Bonchev–Trinajstić information content (AvgIpc) is 2.97. The Hall–Kier alpha value is -2.90. The summed E-state index contributed by atoms with van der Waals surface area (Å²) in [6.45, 7) is 4.77. The quantitative estimate of drug-likeness (QED) is 0.680. The van der Waals surface area contributed by atoms with Crippen LogP contribution in [-0.4, -0.2) is 58.7 Å². The lowest BCUT2D eigenvalue weighted by Gasteiger charge is -2.28. The van der Waals surface area contributed by atoms with Crippen molar-refractivity contribution in [3.8, 4) is 0 Å². The monoisotopic (exact) mass is 428 g/mol. The van der Waals surface area contributed by atoms with Gasteiger partial charge in [-0.1, -0.05) is 32.1 Å². The summed E-state index contributed by atoms with van der Waals surface area (Å²) < 4.78 is 0. The van der Waals surface area contributed by atoms with Gasteiger partial charge >= 0.3 is 6.03 Å². The summed E-state index contributed by atoms with van der Waals surface area (Å²) in [5.74, 6) is -0.810. The molecule has 0 radical (unpaired) electrons. The Bertz CT molecular complexity index is 824. The van der Waals surface area contributed by atoms with Crippen molar-refractivity contribution >= 4 is 29.4 Å². The highest BCUT2D eigenvalue weighted by atomic mass is 16.2. The summed E-state index contributed by atoms with van der Waals surface area (Å²) >= 11 is 0. The van der Waals surface area contributed by atoms with Crippen molar-refractivity contribution in [2.45, 2.75) is 64.3 Å². The minimum absolute atomic E-state index is 0.0632. The zero-order valence-electron chi connectivity index (χ0n) is 18.4. The summed E-state index contributed by atoms with van der Waals surface area (Å²) in [5.41, 5.74) is 0.195. The fourth-order valence-corrected chi connectivity index (χ4v) is 4.40. The number of amides is 5. The maximum Gasteiger partial charge on any atom is 0.325 e. The molecule has 1 aliphatic heterocycles. The molecule has 31 heavy (non-hydrogen) atoms. The molecule has 0 unspecified atom stereocenters. The zero-order chi connectivity index (χ0) is 22.4. The largest absolute Gasteiger partial charge is 0.339 e. The Morgan fingerprint density at radius 1 is 1.00 bits per heavy atom. The highest BCUT2D eigenvalue weighted by Gasteiger charge is 2.50. The number of anilines is 1. The molecule has 3 rings (SSSR count). The molecule has 1 saturated carbocycles. The van der Waals surface area contributed by atoms with Gasteiger partial charge in [0.05, 0.1) is 0 Å². The van der Waals surface area contributed by atoms with Gasteiger partial charge in [0.2, 0.25) is 5.91 Å². The van der Waals surface area contributed by atoms with E-state index >= 15 is 0 Å². The van der Waals surface area contributed by atoms with Crippen molar-refractivity contribution in [3.63, 3.8) is 0 Å². The third kappa shape index (κ3) is 5.06. The molecule has 8 nitrogen and oxygen atoms in total. The second-order valence-electron chi connectivity index (χ2n) is 8.27. The number of nitrogens with zero attached hydrogens (tertiary/aromatic N) is 2. The summed E-state index contributed by atoms with van der Waals surface area (Å²) in [5, 5.41) is 5.57. The summed E-state index contributed by atoms with van der Waals surface area (Å²) in [6, 6.07) is 6.12. The van der Waals surface area contributed by atoms with Gasteiger partial charge in [-0.05, 0) is 51.0 Å². The molecule has 168 valence electrons. The van der Waals surface area contributed by atoms with Gasteiger partial charge in [-0.2, -0.15) is 0 Å². The van der Waals surface area contributed by atoms with Crippen LogP contribution in [0.1, 0.15) is 69.2 Å². The lowest BCUT2D eigenvalue weighted by molar-refractivity contribution is -0.134. The number of carbonyl (C=O) groups excluding carboxylic acids is 4. The van der Waals surface area contributed by atoms with E-state index in [0.29, 0.717) is 37.2 Å². The minimum Gasteiger partial charge on any atom is -0.339 e. The van der Waals surface area contributed by atoms with Crippen LogP contribution in [0, 0.1) is 0 Å². The maximum atomic E-state index is 13.0. The number of nitrogens with one attached hydrogen (secondary N) is 2. The van der Waals surface area contributed by atoms with Crippen LogP contribution in [0.3, 0.4) is 0 Å². The van der Waals surface area contributed by atoms with Crippen molar-refractivity contribution in [2.24, 2.45) is 0 Å². The maximum absolute atomic E-state index is 13.0.